The van der Waals surface area contributed by atoms with Crippen molar-refractivity contribution >= 4 is 0 Å². The fourth-order valence-electron chi connectivity index (χ4n) is 0. The molecule has 0 unspecified atom stereocenters. The summed E-state index contributed by atoms with van der Waals surface area (Å²) in [7, 11) is 0. The molecule has 0 bridgehead atoms. The Balaban J connectivity index is -0.0000000450. The molecule has 0 saturated heterocycles. The largest absolute Gasteiger partial charge is 1.00 e. The Bertz CT molecular complexity index is 15.5. The van der Waals surface area contributed by atoms with Crippen molar-refractivity contribution in [1.82, 2.24) is 0 Å². The van der Waals surface area contributed by atoms with Crippen LogP contribution >= 0.6 is 0 Å². The molecule has 5 heavy (non-hydrogen) atoms. The van der Waals surface area contributed by atoms with Gasteiger partial charge in [-0.3, -0.25) is 0 Å². The zero-order valence-corrected chi connectivity index (χ0v) is 10.3. The summed E-state index contributed by atoms with van der Waals surface area (Å²) in [6.07, 6.45) is -0.167. The first-order chi connectivity index (χ1) is 1.73. The van der Waals surface area contributed by atoms with Crippen molar-refractivity contribution in [2.24, 2.45) is 0 Å². The van der Waals surface area contributed by atoms with E-state index in [9.17, 15) is 0 Å². The van der Waals surface area contributed by atoms with Crippen molar-refractivity contribution < 1.29 is 75.4 Å². The third-order valence-corrected chi connectivity index (χ3v) is 0. The van der Waals surface area contributed by atoms with E-state index < -0.39 is 0 Å². The molecule has 0 saturated carbocycles. The Morgan fingerprint density at radius 2 is 1.60 bits per heavy atom. The smallest absolute Gasteiger partial charge is 1.00 e. The first-order valence-corrected chi connectivity index (χ1v) is 1.41. The Labute approximate surface area is 93.1 Å². The molecule has 2 heteroatoms. The summed E-state index contributed by atoms with van der Waals surface area (Å²) in [4.78, 5) is 0. The van der Waals surface area contributed by atoms with E-state index in [0.717, 1.165) is 0 Å². The van der Waals surface area contributed by atoms with E-state index in [1.807, 2.05) is 0 Å². The van der Waals surface area contributed by atoms with Gasteiger partial charge in [0.15, 0.2) is 0 Å². The molecule has 0 aromatic rings. The quantitative estimate of drug-likeness (QED) is 0.452. The van der Waals surface area contributed by atoms with Gasteiger partial charge in [0.2, 0.25) is 0 Å². The van der Waals surface area contributed by atoms with Gasteiger partial charge >= 0.3 is 68.9 Å². The minimum atomic E-state index is -0.167. The number of rotatable bonds is 0. The fourth-order valence-corrected chi connectivity index (χ4v) is 0. The fraction of sp³-hybridized carbons (Fsp3) is 1.00. The Hall–Kier alpha value is 2.01. The molecule has 0 aromatic heterocycles. The van der Waals surface area contributed by atoms with Crippen molar-refractivity contribution in [1.29, 1.82) is 0 Å². The Morgan fingerprint density at radius 1 is 1.60 bits per heavy atom. The zero-order chi connectivity index (χ0) is 3.58. The molecule has 0 aliphatic rings. The normalized spacial score (nSPS) is 7.20. The van der Waals surface area contributed by atoms with Gasteiger partial charge in [-0.1, -0.05) is 0 Å². The van der Waals surface area contributed by atoms with Crippen molar-refractivity contribution in [2.75, 3.05) is 0 Å². The summed E-state index contributed by atoms with van der Waals surface area (Å²) in [5, 5.41) is 8.06. The molecule has 0 aromatic carbocycles. The van der Waals surface area contributed by atoms with E-state index in [2.05, 4.69) is 0 Å². The Morgan fingerprint density at radius 3 is 1.60 bits per heavy atom. The first-order valence-electron chi connectivity index (χ1n) is 1.41. The van der Waals surface area contributed by atoms with Crippen LogP contribution in [0.2, 0.25) is 0 Å². The molecule has 0 rings (SSSR count). The summed E-state index contributed by atoms with van der Waals surface area (Å²) < 4.78 is 0. The molecule has 0 atom stereocenters. The molecule has 0 fully saturated rings. The molecule has 1 nitrogen and oxygen atoms in total. The van der Waals surface area contributed by atoms with Gasteiger partial charge in [0.05, 0.1) is 0 Å². The maximum absolute atomic E-state index is 8.06. The van der Waals surface area contributed by atoms with Gasteiger partial charge in [0.25, 0.3) is 0 Å². The average Bonchev–Trinajstić information content (AvgIpc) is 0.811. The maximum Gasteiger partial charge on any atom is 1.00 e. The predicted octanol–water partition coefficient (Wildman–Crippen LogP) is -2.50. The summed E-state index contributed by atoms with van der Waals surface area (Å²) in [6, 6.07) is 0. The predicted molar refractivity (Wildman–Crippen MR) is 18.5 cm³/mol. The molecule has 0 radical (unpaired) electrons. The van der Waals surface area contributed by atoms with Crippen molar-refractivity contribution in [3.63, 3.8) is 0 Å². The Kier molecular flexibility index (Phi) is 12.1. The second-order valence-corrected chi connectivity index (χ2v) is 1.09. The summed E-state index contributed by atoms with van der Waals surface area (Å²) >= 11 is 0. The third kappa shape index (κ3) is 23.9. The molecule has 0 amide bonds. The van der Waals surface area contributed by atoms with Crippen LogP contribution in [-0.4, -0.2) is 11.2 Å². The maximum atomic E-state index is 8.06. The molecular formula is C3H9CsO. The van der Waals surface area contributed by atoms with Gasteiger partial charge < -0.3 is 6.53 Å². The molecule has 0 heterocycles. The second kappa shape index (κ2) is 6.01. The standard InChI is InChI=1S/C3H8O.Cs.H/c1-3(2)4;;/h3-4H,1-2H3;;/q;+1;-1. The van der Waals surface area contributed by atoms with Crippen molar-refractivity contribution in [3.05, 3.63) is 0 Å². The minimum absolute atomic E-state index is 0. The van der Waals surface area contributed by atoms with E-state index in [1.165, 1.54) is 0 Å². The van der Waals surface area contributed by atoms with E-state index in [1.54, 1.807) is 13.8 Å². The zero-order valence-electron chi connectivity index (χ0n) is 5.02. The average molecular weight is 194 g/mol. The van der Waals surface area contributed by atoms with Crippen LogP contribution in [0.5, 0.6) is 0 Å². The van der Waals surface area contributed by atoms with E-state index in [0.29, 0.717) is 0 Å². The van der Waals surface area contributed by atoms with Crippen LogP contribution < -0.4 is 68.9 Å². The topological polar surface area (TPSA) is 20.2 Å². The molecule has 0 aliphatic carbocycles. The number of hydrogen-bond donors (Lipinski definition) is 1. The van der Waals surface area contributed by atoms with Crippen LogP contribution in [0.25, 0.3) is 0 Å². The molecule has 0 aliphatic heterocycles. The van der Waals surface area contributed by atoms with Crippen LogP contribution in [0.1, 0.15) is 15.3 Å². The third-order valence-electron chi connectivity index (χ3n) is 0. The number of aliphatic hydroxyl groups excluding tert-OH is 1. The van der Waals surface area contributed by atoms with Gasteiger partial charge in [0, 0.05) is 6.10 Å². The van der Waals surface area contributed by atoms with Crippen molar-refractivity contribution in [2.45, 2.75) is 20.0 Å². The van der Waals surface area contributed by atoms with Gasteiger partial charge in [-0.2, -0.15) is 0 Å². The molecule has 28 valence electrons. The van der Waals surface area contributed by atoms with Gasteiger partial charge in [-0.15, -0.1) is 0 Å². The van der Waals surface area contributed by atoms with Gasteiger partial charge in [-0.05, 0) is 13.8 Å². The van der Waals surface area contributed by atoms with Crippen LogP contribution in [0, 0.1) is 0 Å². The van der Waals surface area contributed by atoms with Crippen LogP contribution in [0.3, 0.4) is 0 Å². The van der Waals surface area contributed by atoms with Crippen LogP contribution in [-0.2, 0) is 0 Å². The van der Waals surface area contributed by atoms with Crippen LogP contribution in [0.15, 0.2) is 0 Å². The summed E-state index contributed by atoms with van der Waals surface area (Å²) in [5.74, 6) is 0. The van der Waals surface area contributed by atoms with Crippen molar-refractivity contribution in [3.8, 4) is 0 Å². The van der Waals surface area contributed by atoms with E-state index in [-0.39, 0.29) is 76.4 Å². The first kappa shape index (κ1) is 10.1. The number of hydrogen-bond acceptors (Lipinski definition) is 1. The minimum Gasteiger partial charge on any atom is -1.00 e. The SMILES string of the molecule is CC(C)O.[Cs+].[H-]. The monoisotopic (exact) mass is 194 g/mol. The van der Waals surface area contributed by atoms with Gasteiger partial charge in [-0.25, -0.2) is 0 Å². The molecule has 1 N–H and O–H groups in total. The molecular weight excluding hydrogens is 185 g/mol. The van der Waals surface area contributed by atoms with Crippen LogP contribution in [0.4, 0.5) is 0 Å². The molecule has 0 spiro atoms. The van der Waals surface area contributed by atoms with E-state index >= 15 is 0 Å². The summed E-state index contributed by atoms with van der Waals surface area (Å²) in [6.45, 7) is 3.44. The van der Waals surface area contributed by atoms with E-state index in [4.69, 9.17) is 5.11 Å². The summed E-state index contributed by atoms with van der Waals surface area (Å²) in [5.41, 5.74) is 0. The second-order valence-electron chi connectivity index (χ2n) is 1.09. The van der Waals surface area contributed by atoms with Gasteiger partial charge in [0.1, 0.15) is 0 Å². The number of aliphatic hydroxyl groups is 1.